The van der Waals surface area contributed by atoms with Gasteiger partial charge in [-0.3, -0.25) is 4.99 Å². The number of nitrogens with zero attached hydrogens (tertiary/aromatic N) is 3. The highest BCUT2D eigenvalue weighted by Crippen LogP contribution is 2.28. The fraction of sp³-hybridized carbons (Fsp3) is 0.938. The molecule has 5 nitrogen and oxygen atoms in total. The molecule has 1 aliphatic rings. The molecule has 0 aromatic carbocycles. The summed E-state index contributed by atoms with van der Waals surface area (Å²) in [6.45, 7) is 9.02. The van der Waals surface area contributed by atoms with Crippen molar-refractivity contribution in [2.24, 2.45) is 10.9 Å². The number of rotatable bonds is 10. The highest BCUT2D eigenvalue weighted by Gasteiger charge is 2.21. The Balaban J connectivity index is 2.13. The van der Waals surface area contributed by atoms with Gasteiger partial charge >= 0.3 is 0 Å². The van der Waals surface area contributed by atoms with Crippen LogP contribution in [-0.4, -0.2) is 75.8 Å². The van der Waals surface area contributed by atoms with Gasteiger partial charge in [-0.15, -0.1) is 0 Å². The molecule has 1 atom stereocenters. The van der Waals surface area contributed by atoms with Crippen molar-refractivity contribution in [2.45, 2.75) is 39.2 Å². The summed E-state index contributed by atoms with van der Waals surface area (Å²) in [6.07, 6.45) is 3.88. The monoisotopic (exact) mass is 298 g/mol. The summed E-state index contributed by atoms with van der Waals surface area (Å²) in [4.78, 5) is 8.84. The SMILES string of the molecule is CCC(C)N(C)CCNC(=NC)N(C)CCOCC1CC1. The van der Waals surface area contributed by atoms with E-state index >= 15 is 0 Å². The van der Waals surface area contributed by atoms with Gasteiger partial charge in [0, 0.05) is 46.4 Å². The molecule has 0 bridgehead atoms. The summed E-state index contributed by atoms with van der Waals surface area (Å²) in [5, 5.41) is 3.42. The molecule has 0 radical (unpaired) electrons. The highest BCUT2D eigenvalue weighted by atomic mass is 16.5. The minimum atomic E-state index is 0.627. The zero-order chi connectivity index (χ0) is 15.7. The molecule has 5 heteroatoms. The van der Waals surface area contributed by atoms with Gasteiger partial charge in [-0.05, 0) is 39.2 Å². The normalized spacial score (nSPS) is 17.1. The van der Waals surface area contributed by atoms with Gasteiger partial charge in [-0.2, -0.15) is 0 Å². The fourth-order valence-electron chi connectivity index (χ4n) is 2.10. The molecule has 1 fully saturated rings. The Kier molecular flexibility index (Phi) is 8.69. The number of guanidine groups is 1. The van der Waals surface area contributed by atoms with E-state index < -0.39 is 0 Å². The maximum Gasteiger partial charge on any atom is 0.193 e. The van der Waals surface area contributed by atoms with Crippen molar-refractivity contribution < 1.29 is 4.74 Å². The van der Waals surface area contributed by atoms with Gasteiger partial charge in [0.05, 0.1) is 6.61 Å². The third kappa shape index (κ3) is 7.67. The van der Waals surface area contributed by atoms with Crippen molar-refractivity contribution >= 4 is 5.96 Å². The number of hydrogen-bond acceptors (Lipinski definition) is 3. The molecule has 1 rings (SSSR count). The maximum atomic E-state index is 5.68. The molecule has 21 heavy (non-hydrogen) atoms. The van der Waals surface area contributed by atoms with Gasteiger partial charge in [0.1, 0.15) is 0 Å². The molecule has 0 aromatic rings. The van der Waals surface area contributed by atoms with Crippen LogP contribution in [0.25, 0.3) is 0 Å². The van der Waals surface area contributed by atoms with Crippen LogP contribution in [0.4, 0.5) is 0 Å². The van der Waals surface area contributed by atoms with E-state index in [0.29, 0.717) is 6.04 Å². The van der Waals surface area contributed by atoms with E-state index in [1.807, 2.05) is 7.05 Å². The zero-order valence-corrected chi connectivity index (χ0v) is 14.6. The average molecular weight is 298 g/mol. The number of hydrogen-bond donors (Lipinski definition) is 1. The van der Waals surface area contributed by atoms with Crippen LogP contribution in [0.5, 0.6) is 0 Å². The number of ether oxygens (including phenoxy) is 1. The van der Waals surface area contributed by atoms with E-state index in [1.54, 1.807) is 0 Å². The molecule has 0 aromatic heterocycles. The first-order chi connectivity index (χ1) is 10.1. The Labute approximate surface area is 130 Å². The van der Waals surface area contributed by atoms with Gasteiger partial charge in [0.2, 0.25) is 0 Å². The molecule has 1 N–H and O–H groups in total. The van der Waals surface area contributed by atoms with E-state index in [0.717, 1.165) is 44.7 Å². The smallest absolute Gasteiger partial charge is 0.193 e. The first-order valence-electron chi connectivity index (χ1n) is 8.28. The second kappa shape index (κ2) is 10.0. The average Bonchev–Trinajstić information content (AvgIpc) is 3.30. The van der Waals surface area contributed by atoms with Crippen molar-refractivity contribution in [3.63, 3.8) is 0 Å². The van der Waals surface area contributed by atoms with Gasteiger partial charge in [-0.25, -0.2) is 0 Å². The lowest BCUT2D eigenvalue weighted by Gasteiger charge is -2.26. The van der Waals surface area contributed by atoms with Crippen molar-refractivity contribution in [3.05, 3.63) is 0 Å². The third-order valence-corrected chi connectivity index (χ3v) is 4.29. The zero-order valence-electron chi connectivity index (χ0n) is 14.6. The summed E-state index contributed by atoms with van der Waals surface area (Å²) in [6, 6.07) is 0.627. The molecule has 1 aliphatic carbocycles. The van der Waals surface area contributed by atoms with Crippen molar-refractivity contribution in [3.8, 4) is 0 Å². The summed E-state index contributed by atoms with van der Waals surface area (Å²) in [5.74, 6) is 1.78. The van der Waals surface area contributed by atoms with Crippen LogP contribution in [0.2, 0.25) is 0 Å². The maximum absolute atomic E-state index is 5.68. The van der Waals surface area contributed by atoms with Crippen molar-refractivity contribution in [2.75, 3.05) is 54.0 Å². The van der Waals surface area contributed by atoms with E-state index in [9.17, 15) is 0 Å². The molecular weight excluding hydrogens is 264 g/mol. The number of likely N-dealkylation sites (N-methyl/N-ethyl adjacent to an activating group) is 2. The van der Waals surface area contributed by atoms with Gasteiger partial charge in [0.15, 0.2) is 5.96 Å². The molecular formula is C16H34N4O. The molecule has 0 spiro atoms. The molecule has 0 aliphatic heterocycles. The van der Waals surface area contributed by atoms with E-state index in [2.05, 4.69) is 48.1 Å². The Morgan fingerprint density at radius 1 is 1.33 bits per heavy atom. The summed E-state index contributed by atoms with van der Waals surface area (Å²) < 4.78 is 5.68. The molecule has 1 saturated carbocycles. The number of aliphatic imine (C=N–C) groups is 1. The second-order valence-corrected chi connectivity index (χ2v) is 6.15. The molecule has 124 valence electrons. The minimum Gasteiger partial charge on any atom is -0.379 e. The van der Waals surface area contributed by atoms with E-state index in [4.69, 9.17) is 4.74 Å². The Hall–Kier alpha value is -0.810. The predicted molar refractivity (Wildman–Crippen MR) is 89.9 cm³/mol. The lowest BCUT2D eigenvalue weighted by atomic mass is 10.2. The summed E-state index contributed by atoms with van der Waals surface area (Å²) >= 11 is 0. The van der Waals surface area contributed by atoms with Gasteiger partial charge < -0.3 is 19.9 Å². The fourth-order valence-corrected chi connectivity index (χ4v) is 2.10. The van der Waals surface area contributed by atoms with Crippen LogP contribution in [0, 0.1) is 5.92 Å². The first-order valence-corrected chi connectivity index (χ1v) is 8.28. The standard InChI is InChI=1S/C16H34N4O/c1-6-14(2)19(4)10-9-18-16(17-3)20(5)11-12-21-13-15-7-8-15/h14-15H,6-13H2,1-5H3,(H,17,18). The van der Waals surface area contributed by atoms with Crippen molar-refractivity contribution in [1.29, 1.82) is 0 Å². The Morgan fingerprint density at radius 2 is 2.05 bits per heavy atom. The quantitative estimate of drug-likeness (QED) is 0.378. The Bertz CT molecular complexity index is 305. The molecule has 0 heterocycles. The minimum absolute atomic E-state index is 0.627. The number of nitrogens with one attached hydrogen (secondary N) is 1. The second-order valence-electron chi connectivity index (χ2n) is 6.15. The Morgan fingerprint density at radius 3 is 2.62 bits per heavy atom. The van der Waals surface area contributed by atoms with E-state index in [-0.39, 0.29) is 0 Å². The third-order valence-electron chi connectivity index (χ3n) is 4.29. The molecule has 1 unspecified atom stereocenters. The lowest BCUT2D eigenvalue weighted by Crippen LogP contribution is -2.44. The van der Waals surface area contributed by atoms with Crippen LogP contribution in [-0.2, 0) is 4.74 Å². The van der Waals surface area contributed by atoms with Crippen LogP contribution in [0.15, 0.2) is 4.99 Å². The summed E-state index contributed by atoms with van der Waals surface area (Å²) in [7, 11) is 6.07. The lowest BCUT2D eigenvalue weighted by molar-refractivity contribution is 0.115. The van der Waals surface area contributed by atoms with Crippen LogP contribution in [0.1, 0.15) is 33.1 Å². The van der Waals surface area contributed by atoms with Crippen molar-refractivity contribution in [1.82, 2.24) is 15.1 Å². The molecule has 0 saturated heterocycles. The molecule has 0 amide bonds. The topological polar surface area (TPSA) is 40.1 Å². The largest absolute Gasteiger partial charge is 0.379 e. The first kappa shape index (κ1) is 18.2. The van der Waals surface area contributed by atoms with E-state index in [1.165, 1.54) is 19.3 Å². The van der Waals surface area contributed by atoms with Crippen LogP contribution in [0.3, 0.4) is 0 Å². The van der Waals surface area contributed by atoms with Crippen LogP contribution >= 0.6 is 0 Å². The van der Waals surface area contributed by atoms with Gasteiger partial charge in [-0.1, -0.05) is 6.92 Å². The van der Waals surface area contributed by atoms with Crippen LogP contribution < -0.4 is 5.32 Å². The summed E-state index contributed by atoms with van der Waals surface area (Å²) in [5.41, 5.74) is 0. The van der Waals surface area contributed by atoms with Gasteiger partial charge in [0.25, 0.3) is 0 Å². The highest BCUT2D eigenvalue weighted by molar-refractivity contribution is 5.79. The predicted octanol–water partition coefficient (Wildman–Crippen LogP) is 1.65.